The van der Waals surface area contributed by atoms with E-state index >= 15 is 0 Å². The predicted molar refractivity (Wildman–Crippen MR) is 124 cm³/mol. The van der Waals surface area contributed by atoms with Gasteiger partial charge in [-0.25, -0.2) is 0 Å². The first-order valence-electron chi connectivity index (χ1n) is 9.82. The number of carbonyl (C=O) groups is 1. The molecule has 0 atom stereocenters. The standard InChI is InChI=1S/C25H19BrN2O4/c1-16-2-6-20(7-3-16)28-25(29)19(13-27)10-17-4-8-22(21(26)11-17)30-14-18-5-9-23-24(12-18)32-15-31-23/h2-12H,14-15H2,1H3,(H,28,29)/b19-10-. The highest BCUT2D eigenvalue weighted by Gasteiger charge is 2.14. The zero-order valence-corrected chi connectivity index (χ0v) is 18.8. The predicted octanol–water partition coefficient (Wildman–Crippen LogP) is 5.61. The topological polar surface area (TPSA) is 80.6 Å². The van der Waals surface area contributed by atoms with Crippen molar-refractivity contribution < 1.29 is 19.0 Å². The first-order valence-corrected chi connectivity index (χ1v) is 10.6. The van der Waals surface area contributed by atoms with Crippen LogP contribution in [0.25, 0.3) is 6.08 Å². The molecule has 0 aliphatic carbocycles. The minimum atomic E-state index is -0.462. The number of nitrogens with zero attached hydrogens (tertiary/aromatic N) is 1. The Balaban J connectivity index is 1.43. The van der Waals surface area contributed by atoms with Gasteiger partial charge in [0.05, 0.1) is 4.47 Å². The number of aryl methyl sites for hydroxylation is 1. The molecule has 0 fully saturated rings. The summed E-state index contributed by atoms with van der Waals surface area (Å²) in [6.45, 7) is 2.55. The molecule has 3 aromatic carbocycles. The lowest BCUT2D eigenvalue weighted by Crippen LogP contribution is -2.13. The van der Waals surface area contributed by atoms with Crippen LogP contribution in [-0.4, -0.2) is 12.7 Å². The van der Waals surface area contributed by atoms with Gasteiger partial charge < -0.3 is 19.5 Å². The molecule has 0 unspecified atom stereocenters. The lowest BCUT2D eigenvalue weighted by molar-refractivity contribution is -0.112. The smallest absolute Gasteiger partial charge is 0.266 e. The fourth-order valence-electron chi connectivity index (χ4n) is 3.07. The normalized spacial score (nSPS) is 12.2. The highest BCUT2D eigenvalue weighted by molar-refractivity contribution is 9.10. The number of nitriles is 1. The van der Waals surface area contributed by atoms with Crippen molar-refractivity contribution in [2.75, 3.05) is 12.1 Å². The molecule has 1 aliphatic heterocycles. The summed E-state index contributed by atoms with van der Waals surface area (Å²) in [7, 11) is 0. The van der Waals surface area contributed by atoms with E-state index in [1.807, 2.05) is 43.3 Å². The molecule has 0 bridgehead atoms. The molecule has 1 aliphatic rings. The van der Waals surface area contributed by atoms with E-state index in [1.54, 1.807) is 30.3 Å². The molecule has 6 nitrogen and oxygen atoms in total. The van der Waals surface area contributed by atoms with Gasteiger partial charge in [0, 0.05) is 5.69 Å². The monoisotopic (exact) mass is 490 g/mol. The van der Waals surface area contributed by atoms with Crippen LogP contribution in [0.15, 0.2) is 70.7 Å². The van der Waals surface area contributed by atoms with E-state index in [2.05, 4.69) is 21.2 Å². The number of halogens is 1. The number of nitrogens with one attached hydrogen (secondary N) is 1. The molecule has 0 saturated carbocycles. The van der Waals surface area contributed by atoms with E-state index in [-0.39, 0.29) is 12.4 Å². The minimum absolute atomic E-state index is 0.00602. The molecule has 1 heterocycles. The molecule has 1 N–H and O–H groups in total. The maximum absolute atomic E-state index is 12.5. The molecular formula is C25H19BrN2O4. The third-order valence-electron chi connectivity index (χ3n) is 4.77. The van der Waals surface area contributed by atoms with Crippen molar-refractivity contribution >= 4 is 33.6 Å². The van der Waals surface area contributed by atoms with E-state index in [1.165, 1.54) is 6.08 Å². The average molecular weight is 491 g/mol. The van der Waals surface area contributed by atoms with Gasteiger partial charge in [-0.15, -0.1) is 0 Å². The second-order valence-electron chi connectivity index (χ2n) is 7.16. The Hall–Kier alpha value is -3.76. The minimum Gasteiger partial charge on any atom is -0.488 e. The van der Waals surface area contributed by atoms with Crippen molar-refractivity contribution in [3.05, 3.63) is 87.4 Å². The molecule has 1 amide bonds. The van der Waals surface area contributed by atoms with Gasteiger partial charge in [-0.05, 0) is 76.5 Å². The summed E-state index contributed by atoms with van der Waals surface area (Å²) in [5.74, 6) is 1.61. The van der Waals surface area contributed by atoms with Crippen LogP contribution in [0.5, 0.6) is 17.2 Å². The summed E-state index contributed by atoms with van der Waals surface area (Å²) in [4.78, 5) is 12.5. The van der Waals surface area contributed by atoms with Crippen LogP contribution >= 0.6 is 15.9 Å². The molecule has 160 valence electrons. The quantitative estimate of drug-likeness (QED) is 0.358. The van der Waals surface area contributed by atoms with Crippen LogP contribution in [0.2, 0.25) is 0 Å². The van der Waals surface area contributed by atoms with Crippen LogP contribution in [0.3, 0.4) is 0 Å². The third-order valence-corrected chi connectivity index (χ3v) is 5.39. The fraction of sp³-hybridized carbons (Fsp3) is 0.120. The van der Waals surface area contributed by atoms with Gasteiger partial charge in [-0.2, -0.15) is 5.26 Å². The van der Waals surface area contributed by atoms with Crippen molar-refractivity contribution in [3.8, 4) is 23.3 Å². The lowest BCUT2D eigenvalue weighted by Gasteiger charge is -2.10. The van der Waals surface area contributed by atoms with Gasteiger partial charge in [-0.3, -0.25) is 4.79 Å². The van der Waals surface area contributed by atoms with Crippen LogP contribution < -0.4 is 19.5 Å². The number of anilines is 1. The van der Waals surface area contributed by atoms with Gasteiger partial charge in [0.15, 0.2) is 11.5 Å². The van der Waals surface area contributed by atoms with E-state index in [9.17, 15) is 10.1 Å². The van der Waals surface area contributed by atoms with Crippen molar-refractivity contribution in [3.63, 3.8) is 0 Å². The average Bonchev–Trinajstić information content (AvgIpc) is 3.26. The number of hydrogen-bond donors (Lipinski definition) is 1. The molecule has 0 radical (unpaired) electrons. The molecule has 0 aromatic heterocycles. The number of ether oxygens (including phenoxy) is 3. The molecule has 32 heavy (non-hydrogen) atoms. The van der Waals surface area contributed by atoms with E-state index in [0.717, 1.165) is 16.9 Å². The Morgan fingerprint density at radius 1 is 1.12 bits per heavy atom. The van der Waals surface area contributed by atoms with Crippen LogP contribution in [0.4, 0.5) is 5.69 Å². The number of amides is 1. The van der Waals surface area contributed by atoms with Crippen molar-refractivity contribution in [2.24, 2.45) is 0 Å². The summed E-state index contributed by atoms with van der Waals surface area (Å²) in [6.07, 6.45) is 1.54. The van der Waals surface area contributed by atoms with Gasteiger partial charge in [-0.1, -0.05) is 29.8 Å². The van der Waals surface area contributed by atoms with E-state index < -0.39 is 5.91 Å². The fourth-order valence-corrected chi connectivity index (χ4v) is 3.58. The number of fused-ring (bicyclic) bond motifs is 1. The molecular weight excluding hydrogens is 472 g/mol. The second kappa shape index (κ2) is 9.58. The van der Waals surface area contributed by atoms with Gasteiger partial charge in [0.1, 0.15) is 24.0 Å². The van der Waals surface area contributed by atoms with Crippen LogP contribution in [-0.2, 0) is 11.4 Å². The Morgan fingerprint density at radius 3 is 2.66 bits per heavy atom. The maximum atomic E-state index is 12.5. The second-order valence-corrected chi connectivity index (χ2v) is 8.01. The summed E-state index contributed by atoms with van der Waals surface area (Å²) in [5.41, 5.74) is 3.37. The number of hydrogen-bond acceptors (Lipinski definition) is 5. The number of carbonyl (C=O) groups excluding carboxylic acids is 1. The third kappa shape index (κ3) is 5.10. The summed E-state index contributed by atoms with van der Waals surface area (Å²) in [6, 6.07) is 20.4. The highest BCUT2D eigenvalue weighted by Crippen LogP contribution is 2.33. The van der Waals surface area contributed by atoms with Crippen molar-refractivity contribution in [2.45, 2.75) is 13.5 Å². The van der Waals surface area contributed by atoms with Gasteiger partial charge in [0.2, 0.25) is 6.79 Å². The Bertz CT molecular complexity index is 1230. The molecule has 3 aromatic rings. The Morgan fingerprint density at radius 2 is 1.91 bits per heavy atom. The van der Waals surface area contributed by atoms with Crippen LogP contribution in [0.1, 0.15) is 16.7 Å². The zero-order chi connectivity index (χ0) is 22.5. The molecule has 7 heteroatoms. The van der Waals surface area contributed by atoms with Gasteiger partial charge in [0.25, 0.3) is 5.91 Å². The Labute approximate surface area is 194 Å². The van der Waals surface area contributed by atoms with E-state index in [4.69, 9.17) is 14.2 Å². The van der Waals surface area contributed by atoms with Gasteiger partial charge >= 0.3 is 0 Å². The first-order chi connectivity index (χ1) is 15.5. The zero-order valence-electron chi connectivity index (χ0n) is 17.2. The highest BCUT2D eigenvalue weighted by atomic mass is 79.9. The SMILES string of the molecule is Cc1ccc(NC(=O)/C(C#N)=C\c2ccc(OCc3ccc4c(c3)OCO4)c(Br)c2)cc1. The number of rotatable bonds is 6. The van der Waals surface area contributed by atoms with Crippen molar-refractivity contribution in [1.29, 1.82) is 5.26 Å². The molecule has 0 saturated heterocycles. The largest absolute Gasteiger partial charge is 0.488 e. The van der Waals surface area contributed by atoms with Crippen LogP contribution in [0, 0.1) is 18.3 Å². The van der Waals surface area contributed by atoms with E-state index in [0.29, 0.717) is 33.8 Å². The lowest BCUT2D eigenvalue weighted by atomic mass is 10.1. The first kappa shape index (κ1) is 21.5. The summed E-state index contributed by atoms with van der Waals surface area (Å²) < 4.78 is 17.3. The summed E-state index contributed by atoms with van der Waals surface area (Å²) >= 11 is 3.50. The maximum Gasteiger partial charge on any atom is 0.266 e. The summed E-state index contributed by atoms with van der Waals surface area (Å²) in [5, 5.41) is 12.2. The number of benzene rings is 3. The van der Waals surface area contributed by atoms with Crippen molar-refractivity contribution in [1.82, 2.24) is 0 Å². The molecule has 4 rings (SSSR count). The Kier molecular flexibility index (Phi) is 6.43. The molecule has 0 spiro atoms.